The summed E-state index contributed by atoms with van der Waals surface area (Å²) in [7, 11) is -3.87. The average molecular weight is 446 g/mol. The van der Waals surface area contributed by atoms with Gasteiger partial charge in [-0.2, -0.15) is 0 Å². The van der Waals surface area contributed by atoms with E-state index < -0.39 is 54.3 Å². The number of nitrogens with one attached hydrogen (secondary N) is 1. The third kappa shape index (κ3) is 5.14. The smallest absolute Gasteiger partial charge is 0.331 e. The van der Waals surface area contributed by atoms with E-state index in [0.717, 1.165) is 0 Å². The quantitative estimate of drug-likeness (QED) is 0.404. The molecular weight excluding hydrogens is 411 g/mol. The largest absolute Gasteiger partial charge is 0.390 e. The average Bonchev–Trinajstić information content (AvgIpc) is 2.96. The SMILES string of the molecule is CCC(CC)P(=O)(O)OC(CC)(CC)CC1C[C@@H](n2ccc(=O)[nH]c2=O)[C@H](O)C1O. The van der Waals surface area contributed by atoms with Crippen LogP contribution in [0.3, 0.4) is 0 Å². The van der Waals surface area contributed by atoms with Crippen molar-refractivity contribution in [2.45, 2.75) is 95.7 Å². The summed E-state index contributed by atoms with van der Waals surface area (Å²) >= 11 is 0. The molecule has 1 heterocycles. The van der Waals surface area contributed by atoms with E-state index in [1.165, 1.54) is 16.8 Å². The first kappa shape index (κ1) is 25.0. The number of hydrogen-bond donors (Lipinski definition) is 4. The van der Waals surface area contributed by atoms with Gasteiger partial charge in [-0.1, -0.05) is 27.7 Å². The first-order chi connectivity index (χ1) is 14.0. The topological polar surface area (TPSA) is 142 Å². The third-order valence-electron chi connectivity index (χ3n) is 6.63. The number of H-pyrrole nitrogens is 1. The fourth-order valence-electron chi connectivity index (χ4n) is 4.55. The predicted molar refractivity (Wildman–Crippen MR) is 114 cm³/mol. The highest BCUT2D eigenvalue weighted by molar-refractivity contribution is 7.53. The molecule has 1 saturated carbocycles. The number of aromatic amines is 1. The van der Waals surface area contributed by atoms with Crippen molar-refractivity contribution >= 4 is 7.60 Å². The number of aliphatic hydroxyl groups is 2. The second-order valence-corrected chi connectivity index (χ2v) is 10.3. The molecule has 30 heavy (non-hydrogen) atoms. The molecule has 0 amide bonds. The Hall–Kier alpha value is -1.25. The van der Waals surface area contributed by atoms with Gasteiger partial charge in [-0.3, -0.25) is 18.9 Å². The van der Waals surface area contributed by atoms with Crippen LogP contribution in [0.2, 0.25) is 0 Å². The molecule has 172 valence electrons. The number of hydrogen-bond acceptors (Lipinski definition) is 6. The van der Waals surface area contributed by atoms with E-state index in [2.05, 4.69) is 4.98 Å². The Morgan fingerprint density at radius 1 is 1.20 bits per heavy atom. The van der Waals surface area contributed by atoms with E-state index in [1.54, 1.807) is 0 Å². The van der Waals surface area contributed by atoms with E-state index >= 15 is 0 Å². The standard InChI is InChI=1S/C20H35N2O7P/c1-5-14(6-2)30(27,28)29-20(7-3,8-4)12-13-11-15(18(25)17(13)24)22-10-9-16(23)21-19(22)26/h9-10,13-15,17-18,24-25H,5-8,11-12H2,1-4H3,(H,27,28)(H,21,23,26)/t13?,15-,17?,18+/m1/s1. The highest BCUT2D eigenvalue weighted by Gasteiger charge is 2.48. The van der Waals surface area contributed by atoms with Gasteiger partial charge in [-0.25, -0.2) is 4.79 Å². The van der Waals surface area contributed by atoms with Gasteiger partial charge in [0.15, 0.2) is 0 Å². The summed E-state index contributed by atoms with van der Waals surface area (Å²) in [5.41, 5.74) is -2.57. The second-order valence-electron chi connectivity index (χ2n) is 8.28. The van der Waals surface area contributed by atoms with Gasteiger partial charge in [-0.15, -0.1) is 0 Å². The summed E-state index contributed by atoms with van der Waals surface area (Å²) in [6, 6.07) is 0.484. The van der Waals surface area contributed by atoms with Crippen molar-refractivity contribution in [2.24, 2.45) is 5.92 Å². The van der Waals surface area contributed by atoms with E-state index in [4.69, 9.17) is 4.52 Å². The molecule has 1 aliphatic carbocycles. The zero-order valence-electron chi connectivity index (χ0n) is 18.2. The first-order valence-corrected chi connectivity index (χ1v) is 12.4. The van der Waals surface area contributed by atoms with Gasteiger partial charge in [0.1, 0.15) is 6.10 Å². The summed E-state index contributed by atoms with van der Waals surface area (Å²) in [5, 5.41) is 21.2. The van der Waals surface area contributed by atoms with Gasteiger partial charge in [0.05, 0.1) is 23.4 Å². The Bertz CT molecular complexity index is 859. The van der Waals surface area contributed by atoms with Gasteiger partial charge in [-0.05, 0) is 44.4 Å². The lowest BCUT2D eigenvalue weighted by Gasteiger charge is -2.38. The minimum atomic E-state index is -3.87. The molecule has 5 atom stereocenters. The van der Waals surface area contributed by atoms with Crippen molar-refractivity contribution in [3.05, 3.63) is 33.1 Å². The molecule has 2 rings (SSSR count). The molecule has 0 radical (unpaired) electrons. The maximum absolute atomic E-state index is 12.9. The molecule has 3 unspecified atom stereocenters. The summed E-state index contributed by atoms with van der Waals surface area (Å²) in [6.45, 7) is 7.45. The molecule has 9 nitrogen and oxygen atoms in total. The number of aromatic nitrogens is 2. The van der Waals surface area contributed by atoms with Crippen LogP contribution >= 0.6 is 7.60 Å². The zero-order chi connectivity index (χ0) is 22.7. The zero-order valence-corrected chi connectivity index (χ0v) is 19.0. The Kier molecular flexibility index (Phi) is 8.27. The molecule has 4 N–H and O–H groups in total. The van der Waals surface area contributed by atoms with Crippen molar-refractivity contribution in [3.8, 4) is 0 Å². The van der Waals surface area contributed by atoms with Crippen molar-refractivity contribution < 1.29 is 24.2 Å². The molecular formula is C20H35N2O7P. The minimum Gasteiger partial charge on any atom is -0.390 e. The number of nitrogens with zero attached hydrogens (tertiary/aromatic N) is 1. The first-order valence-electron chi connectivity index (χ1n) is 10.7. The van der Waals surface area contributed by atoms with Gasteiger partial charge in [0.2, 0.25) is 0 Å². The normalized spacial score (nSPS) is 26.8. The highest BCUT2D eigenvalue weighted by Crippen LogP contribution is 2.56. The van der Waals surface area contributed by atoms with Crippen LogP contribution in [0.1, 0.15) is 72.3 Å². The highest BCUT2D eigenvalue weighted by atomic mass is 31.2. The van der Waals surface area contributed by atoms with Gasteiger partial charge < -0.3 is 19.6 Å². The lowest BCUT2D eigenvalue weighted by molar-refractivity contribution is -0.0272. The maximum atomic E-state index is 12.9. The third-order valence-corrected chi connectivity index (χ3v) is 8.93. The Labute approximate surface area is 176 Å². The van der Waals surface area contributed by atoms with E-state index in [0.29, 0.717) is 25.7 Å². The Morgan fingerprint density at radius 2 is 1.80 bits per heavy atom. The molecule has 0 aliphatic heterocycles. The van der Waals surface area contributed by atoms with E-state index in [1.807, 2.05) is 27.7 Å². The van der Waals surface area contributed by atoms with Crippen molar-refractivity contribution in [1.82, 2.24) is 9.55 Å². The Morgan fingerprint density at radius 3 is 2.30 bits per heavy atom. The van der Waals surface area contributed by atoms with Crippen LogP contribution in [0.5, 0.6) is 0 Å². The summed E-state index contributed by atoms with van der Waals surface area (Å²) in [5.74, 6) is -0.439. The van der Waals surface area contributed by atoms with Crippen LogP contribution in [0.4, 0.5) is 0 Å². The molecule has 0 saturated heterocycles. The second kappa shape index (κ2) is 9.92. The van der Waals surface area contributed by atoms with Crippen LogP contribution in [-0.4, -0.2) is 48.1 Å². The minimum absolute atomic E-state index is 0.275. The van der Waals surface area contributed by atoms with Crippen molar-refractivity contribution in [2.75, 3.05) is 0 Å². The fraction of sp³-hybridized carbons (Fsp3) is 0.800. The molecule has 1 fully saturated rings. The molecule has 0 spiro atoms. The van der Waals surface area contributed by atoms with Crippen LogP contribution in [-0.2, 0) is 9.09 Å². The maximum Gasteiger partial charge on any atom is 0.331 e. The van der Waals surface area contributed by atoms with Gasteiger partial charge >= 0.3 is 13.3 Å². The van der Waals surface area contributed by atoms with Crippen LogP contribution in [0.25, 0.3) is 0 Å². The molecule has 1 aliphatic rings. The van der Waals surface area contributed by atoms with Gasteiger partial charge in [0, 0.05) is 12.3 Å². The summed E-state index contributed by atoms with van der Waals surface area (Å²) in [4.78, 5) is 36.2. The fourth-order valence-corrected chi connectivity index (χ4v) is 6.51. The predicted octanol–water partition coefficient (Wildman–Crippen LogP) is 2.16. The molecule has 1 aromatic rings. The summed E-state index contributed by atoms with van der Waals surface area (Å²) in [6.07, 6.45) is 1.52. The van der Waals surface area contributed by atoms with Crippen LogP contribution < -0.4 is 11.2 Å². The molecule has 1 aromatic heterocycles. The Balaban J connectivity index is 2.27. The van der Waals surface area contributed by atoms with Crippen LogP contribution in [0.15, 0.2) is 21.9 Å². The number of aliphatic hydroxyl groups excluding tert-OH is 2. The monoisotopic (exact) mass is 446 g/mol. The van der Waals surface area contributed by atoms with Gasteiger partial charge in [0.25, 0.3) is 5.56 Å². The summed E-state index contributed by atoms with van der Waals surface area (Å²) < 4.78 is 20.0. The lowest BCUT2D eigenvalue weighted by atomic mass is 9.84. The lowest BCUT2D eigenvalue weighted by Crippen LogP contribution is -2.38. The van der Waals surface area contributed by atoms with Crippen molar-refractivity contribution in [1.29, 1.82) is 0 Å². The van der Waals surface area contributed by atoms with E-state index in [-0.39, 0.29) is 12.8 Å². The van der Waals surface area contributed by atoms with E-state index in [9.17, 15) is 29.3 Å². The molecule has 10 heteroatoms. The molecule has 0 aromatic carbocycles. The van der Waals surface area contributed by atoms with Crippen LogP contribution in [0, 0.1) is 5.92 Å². The number of rotatable bonds is 10. The molecule has 0 bridgehead atoms. The van der Waals surface area contributed by atoms with Crippen molar-refractivity contribution in [3.63, 3.8) is 0 Å².